The lowest BCUT2D eigenvalue weighted by Crippen LogP contribution is -2.45. The highest BCUT2D eigenvalue weighted by Gasteiger charge is 2.28. The largest absolute Gasteiger partial charge is 0.395 e. The molecule has 0 aliphatic rings. The molecule has 0 aromatic rings. The third kappa shape index (κ3) is 6.29. The van der Waals surface area contributed by atoms with Crippen molar-refractivity contribution in [1.29, 1.82) is 0 Å². The molecule has 0 aliphatic heterocycles. The lowest BCUT2D eigenvalue weighted by atomic mass is 9.81. The van der Waals surface area contributed by atoms with Crippen LogP contribution in [0.5, 0.6) is 0 Å². The molecule has 5 heteroatoms. The molecular formula is C12H26F2N2O. The molecule has 0 spiro atoms. The Morgan fingerprint density at radius 3 is 2.24 bits per heavy atom. The summed E-state index contributed by atoms with van der Waals surface area (Å²) in [4.78, 5) is 1.66. The zero-order valence-electron chi connectivity index (χ0n) is 11.2. The van der Waals surface area contributed by atoms with Crippen molar-refractivity contribution in [2.45, 2.75) is 33.1 Å². The Balaban J connectivity index is 4.53. The molecule has 0 saturated heterocycles. The normalized spacial score (nSPS) is 12.7. The maximum atomic E-state index is 12.4. The van der Waals surface area contributed by atoms with E-state index >= 15 is 0 Å². The molecule has 0 heterocycles. The van der Waals surface area contributed by atoms with E-state index in [4.69, 9.17) is 5.11 Å². The molecule has 0 atom stereocenters. The number of nitrogens with one attached hydrogen (secondary N) is 1. The monoisotopic (exact) mass is 252 g/mol. The van der Waals surface area contributed by atoms with E-state index in [9.17, 15) is 8.78 Å². The molecule has 2 N–H and O–H groups in total. The number of aliphatic hydroxyl groups is 1. The minimum atomic E-state index is -2.34. The van der Waals surface area contributed by atoms with Crippen LogP contribution in [0.3, 0.4) is 0 Å². The molecule has 17 heavy (non-hydrogen) atoms. The smallest absolute Gasteiger partial charge is 0.251 e. The van der Waals surface area contributed by atoms with Crippen molar-refractivity contribution in [3.05, 3.63) is 0 Å². The van der Waals surface area contributed by atoms with Gasteiger partial charge in [-0.2, -0.15) is 0 Å². The van der Waals surface area contributed by atoms with Gasteiger partial charge in [0.2, 0.25) is 0 Å². The summed E-state index contributed by atoms with van der Waals surface area (Å²) >= 11 is 0. The Kier molecular flexibility index (Phi) is 8.64. The zero-order valence-corrected chi connectivity index (χ0v) is 11.2. The maximum absolute atomic E-state index is 12.4. The van der Waals surface area contributed by atoms with Gasteiger partial charge >= 0.3 is 0 Å². The van der Waals surface area contributed by atoms with Crippen molar-refractivity contribution in [2.75, 3.05) is 39.8 Å². The summed E-state index contributed by atoms with van der Waals surface area (Å²) in [6, 6.07) is 0. The van der Waals surface area contributed by atoms with E-state index < -0.39 is 6.43 Å². The SMILES string of the molecule is CCC(CC)(CNC)CN(CCO)CC(F)F. The van der Waals surface area contributed by atoms with Crippen LogP contribution in [-0.4, -0.2) is 56.3 Å². The lowest BCUT2D eigenvalue weighted by Gasteiger charge is -2.37. The highest BCUT2D eigenvalue weighted by molar-refractivity contribution is 4.82. The predicted molar refractivity (Wildman–Crippen MR) is 66.5 cm³/mol. The molecule has 104 valence electrons. The Labute approximate surface area is 103 Å². The fraction of sp³-hybridized carbons (Fsp3) is 1.00. The van der Waals surface area contributed by atoms with Crippen molar-refractivity contribution in [2.24, 2.45) is 5.41 Å². The van der Waals surface area contributed by atoms with Gasteiger partial charge < -0.3 is 10.4 Å². The van der Waals surface area contributed by atoms with Gasteiger partial charge in [0, 0.05) is 19.6 Å². The lowest BCUT2D eigenvalue weighted by molar-refractivity contribution is 0.0478. The number of aliphatic hydroxyl groups excluding tert-OH is 1. The number of nitrogens with zero attached hydrogens (tertiary/aromatic N) is 1. The summed E-state index contributed by atoms with van der Waals surface area (Å²) in [6.45, 7) is 5.56. The van der Waals surface area contributed by atoms with Gasteiger partial charge in [0.05, 0.1) is 13.2 Å². The van der Waals surface area contributed by atoms with Crippen LogP contribution in [0.4, 0.5) is 8.78 Å². The molecule has 0 bridgehead atoms. The molecule has 0 aliphatic carbocycles. The van der Waals surface area contributed by atoms with Gasteiger partial charge in [-0.15, -0.1) is 0 Å². The summed E-state index contributed by atoms with van der Waals surface area (Å²) in [5.41, 5.74) is 0.0127. The van der Waals surface area contributed by atoms with E-state index in [1.807, 2.05) is 7.05 Å². The summed E-state index contributed by atoms with van der Waals surface area (Å²) in [5, 5.41) is 12.1. The molecule has 0 rings (SSSR count). The molecule has 0 aromatic heterocycles. The highest BCUT2D eigenvalue weighted by atomic mass is 19.3. The molecule has 0 saturated carbocycles. The van der Waals surface area contributed by atoms with Crippen molar-refractivity contribution < 1.29 is 13.9 Å². The van der Waals surface area contributed by atoms with Crippen molar-refractivity contribution in [3.8, 4) is 0 Å². The average Bonchev–Trinajstić information content (AvgIpc) is 2.28. The second kappa shape index (κ2) is 8.78. The van der Waals surface area contributed by atoms with Crippen LogP contribution in [0.15, 0.2) is 0 Å². The van der Waals surface area contributed by atoms with Gasteiger partial charge in [-0.3, -0.25) is 4.90 Å². The first-order chi connectivity index (χ1) is 8.03. The van der Waals surface area contributed by atoms with E-state index in [0.29, 0.717) is 13.1 Å². The molecular weight excluding hydrogens is 226 g/mol. The van der Waals surface area contributed by atoms with Crippen molar-refractivity contribution >= 4 is 0 Å². The Morgan fingerprint density at radius 2 is 1.88 bits per heavy atom. The van der Waals surface area contributed by atoms with Gasteiger partial charge in [0.1, 0.15) is 0 Å². The van der Waals surface area contributed by atoms with Crippen LogP contribution >= 0.6 is 0 Å². The van der Waals surface area contributed by atoms with Crippen LogP contribution in [0.25, 0.3) is 0 Å². The third-order valence-electron chi connectivity index (χ3n) is 3.42. The van der Waals surface area contributed by atoms with Gasteiger partial charge in [0.25, 0.3) is 6.43 Å². The fourth-order valence-electron chi connectivity index (χ4n) is 2.20. The number of rotatable bonds is 10. The molecule has 3 nitrogen and oxygen atoms in total. The van der Waals surface area contributed by atoms with Crippen molar-refractivity contribution in [3.63, 3.8) is 0 Å². The highest BCUT2D eigenvalue weighted by Crippen LogP contribution is 2.27. The number of halogens is 2. The average molecular weight is 252 g/mol. The quantitative estimate of drug-likeness (QED) is 0.619. The van der Waals surface area contributed by atoms with Crippen LogP contribution in [0.1, 0.15) is 26.7 Å². The predicted octanol–water partition coefficient (Wildman–Crippen LogP) is 1.57. The fourth-order valence-corrected chi connectivity index (χ4v) is 2.20. The van der Waals surface area contributed by atoms with Crippen LogP contribution < -0.4 is 5.32 Å². The molecule has 0 unspecified atom stereocenters. The van der Waals surface area contributed by atoms with E-state index in [-0.39, 0.29) is 18.6 Å². The number of alkyl halides is 2. The summed E-state index contributed by atoms with van der Waals surface area (Å²) in [5.74, 6) is 0. The Bertz CT molecular complexity index is 187. The standard InChI is InChI=1S/C12H26F2N2O/c1-4-12(5-2,9-15-3)10-16(6-7-17)8-11(13)14/h11,15,17H,4-10H2,1-3H3. The van der Waals surface area contributed by atoms with Gasteiger partial charge in [-0.05, 0) is 25.3 Å². The number of hydrogen-bond donors (Lipinski definition) is 2. The second-order valence-electron chi connectivity index (χ2n) is 4.59. The topological polar surface area (TPSA) is 35.5 Å². The Morgan fingerprint density at radius 1 is 1.29 bits per heavy atom. The molecule has 0 fully saturated rings. The van der Waals surface area contributed by atoms with Crippen molar-refractivity contribution in [1.82, 2.24) is 10.2 Å². The first kappa shape index (κ1) is 16.7. The molecule has 0 amide bonds. The van der Waals surface area contributed by atoms with E-state index in [0.717, 1.165) is 19.4 Å². The summed E-state index contributed by atoms with van der Waals surface area (Å²) in [7, 11) is 1.88. The van der Waals surface area contributed by atoms with Crippen LogP contribution in [0.2, 0.25) is 0 Å². The number of hydrogen-bond acceptors (Lipinski definition) is 3. The van der Waals surface area contributed by atoms with E-state index in [1.54, 1.807) is 4.90 Å². The zero-order chi connectivity index (χ0) is 13.3. The first-order valence-electron chi connectivity index (χ1n) is 6.29. The molecule has 0 aromatic carbocycles. The first-order valence-corrected chi connectivity index (χ1v) is 6.29. The molecule has 0 radical (unpaired) electrons. The van der Waals surface area contributed by atoms with Gasteiger partial charge in [0.15, 0.2) is 0 Å². The van der Waals surface area contributed by atoms with E-state index in [1.165, 1.54) is 0 Å². The summed E-state index contributed by atoms with van der Waals surface area (Å²) < 4.78 is 24.9. The third-order valence-corrected chi connectivity index (χ3v) is 3.42. The van der Waals surface area contributed by atoms with Gasteiger partial charge in [-0.25, -0.2) is 8.78 Å². The summed E-state index contributed by atoms with van der Waals surface area (Å²) in [6.07, 6.45) is -0.465. The van der Waals surface area contributed by atoms with Crippen LogP contribution in [-0.2, 0) is 0 Å². The van der Waals surface area contributed by atoms with Gasteiger partial charge in [-0.1, -0.05) is 13.8 Å². The minimum absolute atomic E-state index is 0.0127. The second-order valence-corrected chi connectivity index (χ2v) is 4.59. The van der Waals surface area contributed by atoms with E-state index in [2.05, 4.69) is 19.2 Å². The Hall–Kier alpha value is -0.260. The minimum Gasteiger partial charge on any atom is -0.395 e. The maximum Gasteiger partial charge on any atom is 0.251 e. The van der Waals surface area contributed by atoms with Crippen LogP contribution in [0, 0.1) is 5.41 Å².